The molecule has 160 valence electrons. The highest BCUT2D eigenvalue weighted by atomic mass is 16.3. The van der Waals surface area contributed by atoms with E-state index in [0.29, 0.717) is 5.65 Å². The first-order valence-corrected chi connectivity index (χ1v) is 10.7. The molecule has 0 bridgehead atoms. The number of fused-ring (bicyclic) bond motifs is 2. The summed E-state index contributed by atoms with van der Waals surface area (Å²) in [7, 11) is 2.17. The Hall–Kier alpha value is -3.91. The minimum Gasteiger partial charge on any atom is -0.506 e. The second kappa shape index (κ2) is 7.35. The lowest BCUT2D eigenvalue weighted by Crippen LogP contribution is -2.44. The molecule has 0 aliphatic carbocycles. The molecule has 1 aliphatic heterocycles. The van der Waals surface area contributed by atoms with Gasteiger partial charge in [-0.25, -0.2) is 4.98 Å². The van der Waals surface area contributed by atoms with Crippen molar-refractivity contribution in [1.82, 2.24) is 30.0 Å². The number of H-pyrrole nitrogens is 2. The van der Waals surface area contributed by atoms with Crippen LogP contribution in [0.1, 0.15) is 0 Å². The molecular formula is C24H23N7O. The molecule has 8 nitrogen and oxygen atoms in total. The SMILES string of the molecule is CN1CCN(c2cccc3[nH]c(-c4[nH]nc5ncc(-c6cncc(O)c6)cc45)cc23)CC1. The van der Waals surface area contributed by atoms with Crippen LogP contribution in [0.4, 0.5) is 5.69 Å². The van der Waals surface area contributed by atoms with Gasteiger partial charge in [-0.1, -0.05) is 6.07 Å². The summed E-state index contributed by atoms with van der Waals surface area (Å²) in [6.45, 7) is 4.18. The van der Waals surface area contributed by atoms with E-state index >= 15 is 0 Å². The van der Waals surface area contributed by atoms with Crippen molar-refractivity contribution in [3.63, 3.8) is 0 Å². The van der Waals surface area contributed by atoms with Crippen LogP contribution in [0.2, 0.25) is 0 Å². The van der Waals surface area contributed by atoms with E-state index < -0.39 is 0 Å². The molecule has 1 fully saturated rings. The topological polar surface area (TPSA) is 97.0 Å². The third kappa shape index (κ3) is 3.16. The molecule has 1 saturated heterocycles. The maximum Gasteiger partial charge on any atom is 0.181 e. The van der Waals surface area contributed by atoms with E-state index in [1.165, 1.54) is 17.3 Å². The monoisotopic (exact) mass is 425 g/mol. The number of rotatable bonds is 3. The highest BCUT2D eigenvalue weighted by Crippen LogP contribution is 2.34. The maximum atomic E-state index is 9.80. The molecular weight excluding hydrogens is 402 g/mol. The van der Waals surface area contributed by atoms with Crippen LogP contribution >= 0.6 is 0 Å². The number of benzene rings is 1. The van der Waals surface area contributed by atoms with Gasteiger partial charge in [-0.05, 0) is 37.4 Å². The summed E-state index contributed by atoms with van der Waals surface area (Å²) in [6, 6.07) is 12.3. The molecule has 0 radical (unpaired) electrons. The summed E-state index contributed by atoms with van der Waals surface area (Å²) < 4.78 is 0. The number of aromatic nitrogens is 5. The summed E-state index contributed by atoms with van der Waals surface area (Å²) in [5.41, 5.74) is 6.54. The first-order chi connectivity index (χ1) is 15.7. The van der Waals surface area contributed by atoms with Crippen LogP contribution in [0, 0.1) is 0 Å². The van der Waals surface area contributed by atoms with Crippen molar-refractivity contribution in [2.75, 3.05) is 38.1 Å². The van der Waals surface area contributed by atoms with E-state index in [4.69, 9.17) is 0 Å². The first-order valence-electron chi connectivity index (χ1n) is 10.7. The normalized spacial score (nSPS) is 15.1. The Labute approximate surface area is 184 Å². The zero-order valence-electron chi connectivity index (χ0n) is 17.7. The van der Waals surface area contributed by atoms with Crippen LogP contribution in [-0.2, 0) is 0 Å². The van der Waals surface area contributed by atoms with Gasteiger partial charge >= 0.3 is 0 Å². The predicted molar refractivity (Wildman–Crippen MR) is 126 cm³/mol. The Kier molecular flexibility index (Phi) is 4.32. The van der Waals surface area contributed by atoms with Gasteiger partial charge in [0.1, 0.15) is 5.75 Å². The van der Waals surface area contributed by atoms with Gasteiger partial charge in [0.15, 0.2) is 5.65 Å². The number of hydrogen-bond donors (Lipinski definition) is 3. The summed E-state index contributed by atoms with van der Waals surface area (Å²) in [5.74, 6) is 0.127. The summed E-state index contributed by atoms with van der Waals surface area (Å²) in [5, 5.41) is 19.5. The minimum atomic E-state index is 0.127. The molecule has 5 heterocycles. The van der Waals surface area contributed by atoms with E-state index in [1.807, 2.05) is 6.07 Å². The Morgan fingerprint density at radius 2 is 1.78 bits per heavy atom. The van der Waals surface area contributed by atoms with Gasteiger partial charge in [-0.2, -0.15) is 5.10 Å². The van der Waals surface area contributed by atoms with Crippen molar-refractivity contribution in [3.8, 4) is 28.3 Å². The maximum absolute atomic E-state index is 9.80. The molecule has 0 atom stereocenters. The number of piperazine rings is 1. The second-order valence-electron chi connectivity index (χ2n) is 8.34. The number of aromatic hydroxyl groups is 1. The molecule has 0 spiro atoms. The molecule has 1 aliphatic rings. The Bertz CT molecular complexity index is 1430. The summed E-state index contributed by atoms with van der Waals surface area (Å²) >= 11 is 0. The molecule has 0 amide bonds. The molecule has 4 aromatic heterocycles. The van der Waals surface area contributed by atoms with E-state index in [0.717, 1.165) is 59.6 Å². The van der Waals surface area contributed by atoms with Crippen molar-refractivity contribution in [3.05, 3.63) is 55.0 Å². The van der Waals surface area contributed by atoms with Crippen molar-refractivity contribution in [1.29, 1.82) is 0 Å². The van der Waals surface area contributed by atoms with E-state index in [9.17, 15) is 5.11 Å². The number of nitrogens with zero attached hydrogens (tertiary/aromatic N) is 5. The highest BCUT2D eigenvalue weighted by Gasteiger charge is 2.19. The van der Waals surface area contributed by atoms with Crippen LogP contribution < -0.4 is 4.90 Å². The van der Waals surface area contributed by atoms with Crippen LogP contribution in [0.5, 0.6) is 5.75 Å². The number of likely N-dealkylation sites (N-methyl/N-ethyl adjacent to an activating group) is 1. The average Bonchev–Trinajstić information content (AvgIpc) is 3.43. The van der Waals surface area contributed by atoms with Crippen LogP contribution in [0.3, 0.4) is 0 Å². The summed E-state index contributed by atoms with van der Waals surface area (Å²) in [6.07, 6.45) is 4.88. The van der Waals surface area contributed by atoms with E-state index in [2.05, 4.69) is 66.3 Å². The van der Waals surface area contributed by atoms with Gasteiger partial charge in [-0.15, -0.1) is 0 Å². The smallest absolute Gasteiger partial charge is 0.181 e. The zero-order valence-corrected chi connectivity index (χ0v) is 17.7. The number of pyridine rings is 2. The molecule has 5 aromatic rings. The molecule has 6 rings (SSSR count). The molecule has 0 saturated carbocycles. The Morgan fingerprint density at radius 1 is 0.938 bits per heavy atom. The predicted octanol–water partition coefficient (Wildman–Crippen LogP) is 3.63. The van der Waals surface area contributed by atoms with Gasteiger partial charge < -0.3 is 19.9 Å². The van der Waals surface area contributed by atoms with Gasteiger partial charge in [0.05, 0.1) is 17.6 Å². The minimum absolute atomic E-state index is 0.127. The standard InChI is InChI=1S/C24H23N7O/c1-30-5-7-31(8-6-30)22-4-2-3-20-18(22)11-21(27-20)23-19-10-16(13-26-24(19)29-28-23)15-9-17(32)14-25-12-15/h2-4,9-14,27,32H,5-8H2,1H3,(H,26,28,29). The molecule has 32 heavy (non-hydrogen) atoms. The fourth-order valence-electron chi connectivity index (χ4n) is 4.45. The van der Waals surface area contributed by atoms with Crippen molar-refractivity contribution < 1.29 is 5.11 Å². The second-order valence-corrected chi connectivity index (χ2v) is 8.34. The van der Waals surface area contributed by atoms with Crippen LogP contribution in [0.25, 0.3) is 44.5 Å². The lowest BCUT2D eigenvalue weighted by molar-refractivity contribution is 0.313. The Morgan fingerprint density at radius 3 is 2.62 bits per heavy atom. The van der Waals surface area contributed by atoms with Gasteiger partial charge in [0.25, 0.3) is 0 Å². The fraction of sp³-hybridized carbons (Fsp3) is 0.208. The first kappa shape index (κ1) is 18.8. The van der Waals surface area contributed by atoms with Crippen molar-refractivity contribution in [2.24, 2.45) is 0 Å². The van der Waals surface area contributed by atoms with Crippen molar-refractivity contribution >= 4 is 27.6 Å². The Balaban J connectivity index is 1.44. The third-order valence-electron chi connectivity index (χ3n) is 6.22. The van der Waals surface area contributed by atoms with Crippen LogP contribution in [-0.4, -0.2) is 68.4 Å². The number of anilines is 1. The van der Waals surface area contributed by atoms with Gasteiger partial charge in [-0.3, -0.25) is 10.1 Å². The molecule has 0 unspecified atom stereocenters. The van der Waals surface area contributed by atoms with Crippen molar-refractivity contribution in [2.45, 2.75) is 0 Å². The third-order valence-corrected chi connectivity index (χ3v) is 6.22. The van der Waals surface area contributed by atoms with E-state index in [1.54, 1.807) is 18.5 Å². The zero-order chi connectivity index (χ0) is 21.7. The fourth-order valence-corrected chi connectivity index (χ4v) is 4.45. The van der Waals surface area contributed by atoms with E-state index in [-0.39, 0.29) is 5.75 Å². The lowest BCUT2D eigenvalue weighted by atomic mass is 10.1. The lowest BCUT2D eigenvalue weighted by Gasteiger charge is -2.34. The molecule has 8 heteroatoms. The average molecular weight is 425 g/mol. The molecule has 1 aromatic carbocycles. The van der Waals surface area contributed by atoms with Gasteiger partial charge in [0, 0.05) is 71.7 Å². The highest BCUT2D eigenvalue weighted by molar-refractivity contribution is 6.00. The number of nitrogens with one attached hydrogen (secondary N) is 2. The quantitative estimate of drug-likeness (QED) is 0.409. The largest absolute Gasteiger partial charge is 0.506 e. The van der Waals surface area contributed by atoms with Crippen LogP contribution in [0.15, 0.2) is 55.0 Å². The number of hydrogen-bond acceptors (Lipinski definition) is 6. The number of aromatic amines is 2. The summed E-state index contributed by atoms with van der Waals surface area (Å²) in [4.78, 5) is 17.0. The van der Waals surface area contributed by atoms with Gasteiger partial charge in [0.2, 0.25) is 0 Å². The molecule has 3 N–H and O–H groups in total.